The van der Waals surface area contributed by atoms with Crippen LogP contribution in [0.2, 0.25) is 0 Å². The molecular weight excluding hydrogens is 434 g/mol. The summed E-state index contributed by atoms with van der Waals surface area (Å²) in [5.41, 5.74) is 2.24. The number of amides is 3. The average molecular weight is 468 g/mol. The van der Waals surface area contributed by atoms with Crippen LogP contribution in [0.5, 0.6) is 0 Å². The molecule has 3 rings (SSSR count). The molecule has 0 saturated carbocycles. The molecular formula is C26H33N3O5. The van der Waals surface area contributed by atoms with E-state index >= 15 is 0 Å². The molecule has 0 spiro atoms. The first-order chi connectivity index (χ1) is 16.3. The molecule has 8 heteroatoms. The van der Waals surface area contributed by atoms with Gasteiger partial charge in [-0.3, -0.25) is 4.79 Å². The number of benzene rings is 2. The molecule has 1 aliphatic rings. The van der Waals surface area contributed by atoms with E-state index in [1.165, 1.54) is 0 Å². The molecule has 1 heterocycles. The van der Waals surface area contributed by atoms with Crippen molar-refractivity contribution in [1.29, 1.82) is 0 Å². The minimum absolute atomic E-state index is 0.0563. The van der Waals surface area contributed by atoms with Gasteiger partial charge < -0.3 is 25.4 Å². The Bertz CT molecular complexity index is 956. The largest absolute Gasteiger partial charge is 0.480 e. The number of carbonyl (C=O) groups is 3. The predicted molar refractivity (Wildman–Crippen MR) is 128 cm³/mol. The molecule has 0 aliphatic carbocycles. The third-order valence-corrected chi connectivity index (χ3v) is 5.82. The summed E-state index contributed by atoms with van der Waals surface area (Å²) in [5, 5.41) is 14.8. The van der Waals surface area contributed by atoms with Crippen molar-refractivity contribution in [2.24, 2.45) is 5.92 Å². The van der Waals surface area contributed by atoms with E-state index in [-0.39, 0.29) is 18.1 Å². The Morgan fingerprint density at radius 1 is 1.03 bits per heavy atom. The van der Waals surface area contributed by atoms with Gasteiger partial charge in [-0.1, -0.05) is 56.3 Å². The SMILES string of the molecule is CC(C)[C@H](NC(=O)c1ccc(CN(Cc2ccccc2)C(=O)NCC2CCCO2)cc1)C(=O)O. The molecule has 2 atom stereocenters. The van der Waals surface area contributed by atoms with Gasteiger partial charge in [-0.05, 0) is 42.0 Å². The lowest BCUT2D eigenvalue weighted by Gasteiger charge is -2.24. The number of hydrogen-bond donors (Lipinski definition) is 3. The van der Waals surface area contributed by atoms with E-state index in [4.69, 9.17) is 4.74 Å². The summed E-state index contributed by atoms with van der Waals surface area (Å²) in [4.78, 5) is 38.6. The molecule has 1 saturated heterocycles. The van der Waals surface area contributed by atoms with Crippen molar-refractivity contribution in [3.05, 3.63) is 71.3 Å². The van der Waals surface area contributed by atoms with Crippen LogP contribution in [0.4, 0.5) is 4.79 Å². The van der Waals surface area contributed by atoms with Crippen LogP contribution >= 0.6 is 0 Å². The van der Waals surface area contributed by atoms with Crippen LogP contribution in [-0.4, -0.2) is 53.2 Å². The molecule has 0 bridgehead atoms. The first-order valence-corrected chi connectivity index (χ1v) is 11.6. The van der Waals surface area contributed by atoms with Crippen LogP contribution in [-0.2, 0) is 22.6 Å². The first kappa shape index (κ1) is 25.2. The average Bonchev–Trinajstić information content (AvgIpc) is 3.35. The van der Waals surface area contributed by atoms with Gasteiger partial charge >= 0.3 is 12.0 Å². The summed E-state index contributed by atoms with van der Waals surface area (Å²) < 4.78 is 5.60. The molecule has 3 N–H and O–H groups in total. The van der Waals surface area contributed by atoms with E-state index in [1.54, 1.807) is 43.0 Å². The maximum Gasteiger partial charge on any atom is 0.326 e. The van der Waals surface area contributed by atoms with E-state index in [2.05, 4.69) is 10.6 Å². The number of aliphatic carboxylic acids is 1. The van der Waals surface area contributed by atoms with Gasteiger partial charge in [-0.25, -0.2) is 9.59 Å². The number of carboxylic acid groups (broad SMARTS) is 1. The van der Waals surface area contributed by atoms with Crippen LogP contribution in [0, 0.1) is 5.92 Å². The number of ether oxygens (including phenoxy) is 1. The van der Waals surface area contributed by atoms with Gasteiger partial charge in [0, 0.05) is 31.8 Å². The monoisotopic (exact) mass is 467 g/mol. The highest BCUT2D eigenvalue weighted by Gasteiger charge is 2.24. The highest BCUT2D eigenvalue weighted by Crippen LogP contribution is 2.14. The quantitative estimate of drug-likeness (QED) is 0.496. The van der Waals surface area contributed by atoms with E-state index < -0.39 is 17.9 Å². The smallest absolute Gasteiger partial charge is 0.326 e. The van der Waals surface area contributed by atoms with Gasteiger partial charge in [0.1, 0.15) is 6.04 Å². The van der Waals surface area contributed by atoms with Gasteiger partial charge in [0.25, 0.3) is 5.91 Å². The van der Waals surface area contributed by atoms with Gasteiger partial charge in [0.2, 0.25) is 0 Å². The van der Waals surface area contributed by atoms with Gasteiger partial charge in [0.15, 0.2) is 0 Å². The van der Waals surface area contributed by atoms with Crippen LogP contribution < -0.4 is 10.6 Å². The fraction of sp³-hybridized carbons (Fsp3) is 0.423. The third-order valence-electron chi connectivity index (χ3n) is 5.82. The Balaban J connectivity index is 1.66. The fourth-order valence-electron chi connectivity index (χ4n) is 3.84. The molecule has 3 amide bonds. The maximum atomic E-state index is 13.0. The van der Waals surface area contributed by atoms with Crippen molar-refractivity contribution >= 4 is 17.9 Å². The molecule has 2 aromatic rings. The first-order valence-electron chi connectivity index (χ1n) is 11.6. The van der Waals surface area contributed by atoms with Crippen LogP contribution in [0.15, 0.2) is 54.6 Å². The highest BCUT2D eigenvalue weighted by molar-refractivity contribution is 5.96. The number of carboxylic acids is 1. The zero-order chi connectivity index (χ0) is 24.5. The second kappa shape index (κ2) is 12.2. The maximum absolute atomic E-state index is 13.0. The molecule has 34 heavy (non-hydrogen) atoms. The topological polar surface area (TPSA) is 108 Å². The standard InChI is InChI=1S/C26H33N3O5/c1-18(2)23(25(31)32)28-24(30)21-12-10-20(11-13-21)17-29(16-19-7-4-3-5-8-19)26(33)27-15-22-9-6-14-34-22/h3-5,7-8,10-13,18,22-23H,6,9,14-17H2,1-2H3,(H,27,33)(H,28,30)(H,31,32)/t22?,23-/m0/s1. The number of carbonyl (C=O) groups excluding carboxylic acids is 2. The number of hydrogen-bond acceptors (Lipinski definition) is 4. The molecule has 1 unspecified atom stereocenters. The second-order valence-electron chi connectivity index (χ2n) is 8.89. The normalized spacial score (nSPS) is 16.1. The molecule has 8 nitrogen and oxygen atoms in total. The molecule has 182 valence electrons. The van der Waals surface area contributed by atoms with Crippen molar-refractivity contribution in [3.8, 4) is 0 Å². The highest BCUT2D eigenvalue weighted by atomic mass is 16.5. The summed E-state index contributed by atoms with van der Waals surface area (Å²) in [6, 6.07) is 15.5. The molecule has 2 aromatic carbocycles. The summed E-state index contributed by atoms with van der Waals surface area (Å²) in [5.74, 6) is -1.74. The zero-order valence-corrected chi connectivity index (χ0v) is 19.7. The number of urea groups is 1. The summed E-state index contributed by atoms with van der Waals surface area (Å²) in [6.45, 7) is 5.50. The zero-order valence-electron chi connectivity index (χ0n) is 19.7. The lowest BCUT2D eigenvalue weighted by Crippen LogP contribution is -2.44. The van der Waals surface area contributed by atoms with E-state index in [0.29, 0.717) is 25.2 Å². The van der Waals surface area contributed by atoms with E-state index in [1.807, 2.05) is 30.3 Å². The van der Waals surface area contributed by atoms with Gasteiger partial charge in [-0.2, -0.15) is 0 Å². The molecule has 0 radical (unpaired) electrons. The van der Waals surface area contributed by atoms with Gasteiger partial charge in [0.05, 0.1) is 6.10 Å². The summed E-state index contributed by atoms with van der Waals surface area (Å²) in [7, 11) is 0. The number of nitrogens with one attached hydrogen (secondary N) is 2. The fourth-order valence-corrected chi connectivity index (χ4v) is 3.84. The number of nitrogens with zero attached hydrogens (tertiary/aromatic N) is 1. The third kappa shape index (κ3) is 7.31. The predicted octanol–water partition coefficient (Wildman–Crippen LogP) is 3.42. The van der Waals surface area contributed by atoms with Crippen LogP contribution in [0.1, 0.15) is 48.2 Å². The van der Waals surface area contributed by atoms with Crippen molar-refractivity contribution < 1.29 is 24.2 Å². The van der Waals surface area contributed by atoms with Gasteiger partial charge in [-0.15, -0.1) is 0 Å². The second-order valence-corrected chi connectivity index (χ2v) is 8.89. The Morgan fingerprint density at radius 3 is 2.24 bits per heavy atom. The molecule has 1 fully saturated rings. The Morgan fingerprint density at radius 2 is 1.68 bits per heavy atom. The van der Waals surface area contributed by atoms with Crippen LogP contribution in [0.3, 0.4) is 0 Å². The van der Waals surface area contributed by atoms with Crippen LogP contribution in [0.25, 0.3) is 0 Å². The Hall–Kier alpha value is -3.39. The Kier molecular flexibility index (Phi) is 9.04. The van der Waals surface area contributed by atoms with Crippen molar-refractivity contribution in [2.45, 2.75) is 51.9 Å². The number of rotatable bonds is 10. The summed E-state index contributed by atoms with van der Waals surface area (Å²) >= 11 is 0. The van der Waals surface area contributed by atoms with Crippen molar-refractivity contribution in [3.63, 3.8) is 0 Å². The Labute approximate surface area is 200 Å². The lowest BCUT2D eigenvalue weighted by atomic mass is 10.0. The molecule has 0 aromatic heterocycles. The summed E-state index contributed by atoms with van der Waals surface area (Å²) in [6.07, 6.45) is 2.02. The minimum Gasteiger partial charge on any atom is -0.480 e. The van der Waals surface area contributed by atoms with E-state index in [9.17, 15) is 19.5 Å². The van der Waals surface area contributed by atoms with Crippen molar-refractivity contribution in [1.82, 2.24) is 15.5 Å². The van der Waals surface area contributed by atoms with Crippen molar-refractivity contribution in [2.75, 3.05) is 13.2 Å². The lowest BCUT2D eigenvalue weighted by molar-refractivity contribution is -0.140. The minimum atomic E-state index is -1.06. The molecule has 1 aliphatic heterocycles. The van der Waals surface area contributed by atoms with E-state index in [0.717, 1.165) is 30.6 Å².